The van der Waals surface area contributed by atoms with E-state index in [1.165, 1.54) is 0 Å². The van der Waals surface area contributed by atoms with Crippen molar-refractivity contribution in [1.82, 2.24) is 9.80 Å². The smallest absolute Gasteiger partial charge is 0.227 e. The number of hydrogen-bond donors (Lipinski definition) is 0. The molecular formula is C27H37Cl3N2O4. The molecule has 0 N–H and O–H groups in total. The standard InChI is InChI=1S/C27H36Cl2N2O4.ClH/c1-3-33-13-14-34-15-16-35-23-11-12-31(19-23)20-26(22-7-5-4-6-8-22)30(2)27(32)18-21-9-10-24(28)25(29)17-21;/h4-10,17,23,26H,3,11-16,18-20H2,1-2H3;1H/t23?,26-;/m1./s1. The molecule has 0 bridgehead atoms. The zero-order chi connectivity index (χ0) is 25.0. The molecule has 2 aromatic rings. The van der Waals surface area contributed by atoms with E-state index in [0.29, 0.717) is 43.1 Å². The lowest BCUT2D eigenvalue weighted by Gasteiger charge is -2.32. The second-order valence-corrected chi connectivity index (χ2v) is 9.52. The van der Waals surface area contributed by atoms with E-state index in [2.05, 4.69) is 17.0 Å². The third-order valence-electron chi connectivity index (χ3n) is 6.20. The molecule has 1 saturated heterocycles. The predicted molar refractivity (Wildman–Crippen MR) is 147 cm³/mol. The Morgan fingerprint density at radius 2 is 1.78 bits per heavy atom. The highest BCUT2D eigenvalue weighted by molar-refractivity contribution is 6.42. The molecule has 0 spiro atoms. The summed E-state index contributed by atoms with van der Waals surface area (Å²) in [5, 5.41) is 0.947. The Labute approximate surface area is 231 Å². The molecule has 1 aliphatic heterocycles. The zero-order valence-electron chi connectivity index (χ0n) is 21.0. The van der Waals surface area contributed by atoms with Gasteiger partial charge in [-0.1, -0.05) is 59.6 Å². The van der Waals surface area contributed by atoms with Gasteiger partial charge in [0.25, 0.3) is 0 Å². The average Bonchev–Trinajstić information content (AvgIpc) is 3.31. The number of ether oxygens (including phenoxy) is 3. The summed E-state index contributed by atoms with van der Waals surface area (Å²) in [4.78, 5) is 17.4. The minimum absolute atomic E-state index is 0. The van der Waals surface area contributed by atoms with Crippen LogP contribution in [-0.2, 0) is 25.4 Å². The van der Waals surface area contributed by atoms with Crippen molar-refractivity contribution in [2.45, 2.75) is 31.9 Å². The fourth-order valence-corrected chi connectivity index (χ4v) is 4.55. The maximum atomic E-state index is 13.2. The van der Waals surface area contributed by atoms with Gasteiger partial charge >= 0.3 is 0 Å². The van der Waals surface area contributed by atoms with Crippen LogP contribution in [0.1, 0.15) is 30.5 Å². The quantitative estimate of drug-likeness (QED) is 0.294. The minimum atomic E-state index is -0.0629. The molecule has 1 aliphatic rings. The van der Waals surface area contributed by atoms with E-state index >= 15 is 0 Å². The first-order valence-corrected chi connectivity index (χ1v) is 13.0. The van der Waals surface area contributed by atoms with Gasteiger partial charge in [-0.3, -0.25) is 9.69 Å². The lowest BCUT2D eigenvalue weighted by molar-refractivity contribution is -0.131. The molecule has 3 rings (SSSR count). The number of carbonyl (C=O) groups is 1. The van der Waals surface area contributed by atoms with Crippen LogP contribution in [0.4, 0.5) is 0 Å². The van der Waals surface area contributed by atoms with Crippen molar-refractivity contribution in [3.8, 4) is 0 Å². The summed E-state index contributed by atoms with van der Waals surface area (Å²) in [7, 11) is 1.88. The lowest BCUT2D eigenvalue weighted by atomic mass is 10.0. The number of halogens is 3. The van der Waals surface area contributed by atoms with E-state index in [0.717, 1.165) is 37.2 Å². The van der Waals surface area contributed by atoms with Gasteiger partial charge in [0.15, 0.2) is 0 Å². The molecule has 0 radical (unpaired) electrons. The van der Waals surface area contributed by atoms with Crippen molar-refractivity contribution < 1.29 is 19.0 Å². The number of nitrogens with zero attached hydrogens (tertiary/aromatic N) is 2. The Hall–Kier alpha value is -1.38. The van der Waals surface area contributed by atoms with E-state index < -0.39 is 0 Å². The van der Waals surface area contributed by atoms with Crippen LogP contribution < -0.4 is 0 Å². The fourth-order valence-electron chi connectivity index (χ4n) is 4.23. The van der Waals surface area contributed by atoms with Crippen molar-refractivity contribution in [3.63, 3.8) is 0 Å². The fraction of sp³-hybridized carbons (Fsp3) is 0.519. The van der Waals surface area contributed by atoms with Gasteiger partial charge in [-0.25, -0.2) is 0 Å². The van der Waals surface area contributed by atoms with Crippen molar-refractivity contribution >= 4 is 41.5 Å². The Morgan fingerprint density at radius 3 is 2.50 bits per heavy atom. The van der Waals surface area contributed by atoms with Crippen LogP contribution in [0, 0.1) is 0 Å². The van der Waals surface area contributed by atoms with Crippen LogP contribution in [-0.4, -0.2) is 81.5 Å². The number of hydrogen-bond acceptors (Lipinski definition) is 5. The van der Waals surface area contributed by atoms with Crippen LogP contribution >= 0.6 is 35.6 Å². The molecule has 0 aliphatic carbocycles. The Morgan fingerprint density at radius 1 is 1.06 bits per heavy atom. The van der Waals surface area contributed by atoms with Crippen molar-refractivity contribution in [2.75, 3.05) is 59.7 Å². The molecule has 2 atom stereocenters. The summed E-state index contributed by atoms with van der Waals surface area (Å²) in [6, 6.07) is 15.5. The Bertz CT molecular complexity index is 919. The molecule has 1 amide bonds. The largest absolute Gasteiger partial charge is 0.379 e. The summed E-state index contributed by atoms with van der Waals surface area (Å²) >= 11 is 12.2. The monoisotopic (exact) mass is 558 g/mol. The van der Waals surface area contributed by atoms with Gasteiger partial charge in [-0.15, -0.1) is 12.4 Å². The van der Waals surface area contributed by atoms with Crippen molar-refractivity contribution in [3.05, 3.63) is 69.7 Å². The van der Waals surface area contributed by atoms with Crippen molar-refractivity contribution in [2.24, 2.45) is 0 Å². The Balaban J connectivity index is 0.00000456. The molecule has 9 heteroatoms. The maximum absolute atomic E-state index is 13.2. The Kier molecular flexibility index (Phi) is 14.1. The molecule has 1 heterocycles. The number of likely N-dealkylation sites (tertiary alicyclic amines) is 1. The lowest BCUT2D eigenvalue weighted by Crippen LogP contribution is -2.39. The van der Waals surface area contributed by atoms with E-state index in [9.17, 15) is 4.79 Å². The normalized spacial score (nSPS) is 16.5. The first-order chi connectivity index (χ1) is 17.0. The van der Waals surface area contributed by atoms with Crippen LogP contribution in [0.2, 0.25) is 10.0 Å². The molecule has 0 saturated carbocycles. The van der Waals surface area contributed by atoms with Crippen LogP contribution in [0.3, 0.4) is 0 Å². The first kappa shape index (κ1) is 30.8. The first-order valence-electron chi connectivity index (χ1n) is 12.2. The average molecular weight is 560 g/mol. The number of benzene rings is 2. The topological polar surface area (TPSA) is 51.2 Å². The SMILES string of the molecule is CCOCCOCCOC1CCN(C[C@H](c2ccccc2)N(C)C(=O)Cc2ccc(Cl)c(Cl)c2)C1.Cl. The number of carbonyl (C=O) groups excluding carboxylic acids is 1. The van der Waals surface area contributed by atoms with Crippen molar-refractivity contribution in [1.29, 1.82) is 0 Å². The summed E-state index contributed by atoms with van der Waals surface area (Å²) in [5.41, 5.74) is 1.96. The van der Waals surface area contributed by atoms with Gasteiger partial charge in [0.1, 0.15) is 0 Å². The molecule has 0 aromatic heterocycles. The van der Waals surface area contributed by atoms with E-state index in [4.69, 9.17) is 37.4 Å². The van der Waals surface area contributed by atoms with Gasteiger partial charge in [0, 0.05) is 33.3 Å². The van der Waals surface area contributed by atoms with E-state index in [1.807, 2.05) is 43.1 Å². The van der Waals surface area contributed by atoms with Gasteiger partial charge in [0.2, 0.25) is 5.91 Å². The molecule has 6 nitrogen and oxygen atoms in total. The minimum Gasteiger partial charge on any atom is -0.379 e. The van der Waals surface area contributed by atoms with Crippen LogP contribution in [0.15, 0.2) is 48.5 Å². The molecule has 200 valence electrons. The van der Waals surface area contributed by atoms with Gasteiger partial charge in [0.05, 0.1) is 55.0 Å². The molecule has 1 fully saturated rings. The van der Waals surface area contributed by atoms with E-state index in [1.54, 1.807) is 12.1 Å². The van der Waals surface area contributed by atoms with Gasteiger partial charge < -0.3 is 19.1 Å². The zero-order valence-corrected chi connectivity index (χ0v) is 23.4. The van der Waals surface area contributed by atoms with Crippen LogP contribution in [0.25, 0.3) is 0 Å². The van der Waals surface area contributed by atoms with Crippen LogP contribution in [0.5, 0.6) is 0 Å². The maximum Gasteiger partial charge on any atom is 0.227 e. The second-order valence-electron chi connectivity index (χ2n) is 8.71. The van der Waals surface area contributed by atoms with Gasteiger partial charge in [-0.2, -0.15) is 0 Å². The number of likely N-dealkylation sites (N-methyl/N-ethyl adjacent to an activating group) is 1. The highest BCUT2D eigenvalue weighted by Crippen LogP contribution is 2.26. The summed E-state index contributed by atoms with van der Waals surface area (Å²) in [6.45, 7) is 7.57. The molecule has 2 aromatic carbocycles. The second kappa shape index (κ2) is 16.5. The summed E-state index contributed by atoms with van der Waals surface area (Å²) in [5.74, 6) is 0.0356. The van der Waals surface area contributed by atoms with Gasteiger partial charge in [-0.05, 0) is 36.6 Å². The highest BCUT2D eigenvalue weighted by atomic mass is 35.5. The third kappa shape index (κ3) is 9.82. The number of rotatable bonds is 14. The molecule has 36 heavy (non-hydrogen) atoms. The molecular weight excluding hydrogens is 523 g/mol. The predicted octanol–water partition coefficient (Wildman–Crippen LogP) is 5.30. The van der Waals surface area contributed by atoms with E-state index in [-0.39, 0.29) is 36.9 Å². The summed E-state index contributed by atoms with van der Waals surface area (Å²) in [6.07, 6.45) is 1.42. The third-order valence-corrected chi connectivity index (χ3v) is 6.94. The molecule has 1 unspecified atom stereocenters. The number of amides is 1. The highest BCUT2D eigenvalue weighted by Gasteiger charge is 2.29. The summed E-state index contributed by atoms with van der Waals surface area (Å²) < 4.78 is 16.8.